The molecule has 2 aromatic heterocycles. The Kier molecular flexibility index (Phi) is 4.67. The van der Waals surface area contributed by atoms with Gasteiger partial charge in [0.05, 0.1) is 17.9 Å². The quantitative estimate of drug-likeness (QED) is 0.721. The standard InChI is InChI=1S/C20H23N5O/c1-15-12-21-16(2)20(22-15)25-10-8-24(9-11-25)13-19-23-18(14-26-19)17-6-4-3-5-7-17/h3-7,12,14H,8-11,13H2,1-2H3. The normalized spacial score (nSPS) is 15.4. The highest BCUT2D eigenvalue weighted by molar-refractivity contribution is 5.57. The van der Waals surface area contributed by atoms with Gasteiger partial charge in [-0.3, -0.25) is 9.88 Å². The van der Waals surface area contributed by atoms with Crippen molar-refractivity contribution in [2.75, 3.05) is 31.1 Å². The molecule has 0 N–H and O–H groups in total. The smallest absolute Gasteiger partial charge is 0.208 e. The molecule has 134 valence electrons. The van der Waals surface area contributed by atoms with E-state index in [9.17, 15) is 0 Å². The van der Waals surface area contributed by atoms with Gasteiger partial charge in [-0.1, -0.05) is 30.3 Å². The van der Waals surface area contributed by atoms with Crippen LogP contribution in [0.2, 0.25) is 0 Å². The van der Waals surface area contributed by atoms with Crippen molar-refractivity contribution in [2.45, 2.75) is 20.4 Å². The zero-order chi connectivity index (χ0) is 17.9. The third kappa shape index (κ3) is 3.60. The van der Waals surface area contributed by atoms with Gasteiger partial charge in [-0.25, -0.2) is 9.97 Å². The molecule has 0 atom stereocenters. The van der Waals surface area contributed by atoms with Gasteiger partial charge in [-0.15, -0.1) is 0 Å². The molecule has 1 saturated heterocycles. The molecule has 0 amide bonds. The second kappa shape index (κ2) is 7.25. The van der Waals surface area contributed by atoms with E-state index in [1.54, 1.807) is 6.26 Å². The first-order chi connectivity index (χ1) is 12.7. The fraction of sp³-hybridized carbons (Fsp3) is 0.350. The summed E-state index contributed by atoms with van der Waals surface area (Å²) >= 11 is 0. The molecule has 0 saturated carbocycles. The number of aromatic nitrogens is 3. The van der Waals surface area contributed by atoms with E-state index in [0.29, 0.717) is 0 Å². The van der Waals surface area contributed by atoms with Crippen LogP contribution in [0.3, 0.4) is 0 Å². The number of anilines is 1. The van der Waals surface area contributed by atoms with Crippen molar-refractivity contribution in [1.29, 1.82) is 0 Å². The minimum Gasteiger partial charge on any atom is -0.447 e. The van der Waals surface area contributed by atoms with E-state index in [1.807, 2.05) is 50.4 Å². The van der Waals surface area contributed by atoms with Crippen LogP contribution in [0.1, 0.15) is 17.3 Å². The molecule has 1 aliphatic rings. The van der Waals surface area contributed by atoms with E-state index in [0.717, 1.165) is 67.1 Å². The average molecular weight is 349 g/mol. The van der Waals surface area contributed by atoms with Crippen molar-refractivity contribution < 1.29 is 4.42 Å². The van der Waals surface area contributed by atoms with Gasteiger partial charge in [-0.2, -0.15) is 0 Å². The van der Waals surface area contributed by atoms with Crippen LogP contribution in [-0.2, 0) is 6.54 Å². The molecule has 26 heavy (non-hydrogen) atoms. The van der Waals surface area contributed by atoms with Crippen LogP contribution >= 0.6 is 0 Å². The number of oxazole rings is 1. The topological polar surface area (TPSA) is 58.3 Å². The lowest BCUT2D eigenvalue weighted by Crippen LogP contribution is -2.46. The van der Waals surface area contributed by atoms with Crippen molar-refractivity contribution in [3.05, 3.63) is 60.1 Å². The van der Waals surface area contributed by atoms with E-state index in [4.69, 9.17) is 4.42 Å². The lowest BCUT2D eigenvalue weighted by Gasteiger charge is -2.35. The Hall–Kier alpha value is -2.73. The third-order valence-corrected chi connectivity index (χ3v) is 4.70. The maximum Gasteiger partial charge on any atom is 0.208 e. The minimum absolute atomic E-state index is 0.735. The maximum absolute atomic E-state index is 5.68. The molecule has 6 nitrogen and oxygen atoms in total. The molecule has 0 radical (unpaired) electrons. The minimum atomic E-state index is 0.735. The van der Waals surface area contributed by atoms with Gasteiger partial charge in [0.2, 0.25) is 5.89 Å². The fourth-order valence-electron chi connectivity index (χ4n) is 3.26. The van der Waals surface area contributed by atoms with Crippen LogP contribution in [0.4, 0.5) is 5.82 Å². The first kappa shape index (κ1) is 16.7. The lowest BCUT2D eigenvalue weighted by molar-refractivity contribution is 0.225. The van der Waals surface area contributed by atoms with Crippen LogP contribution in [0.5, 0.6) is 0 Å². The summed E-state index contributed by atoms with van der Waals surface area (Å²) in [6, 6.07) is 10.1. The van der Waals surface area contributed by atoms with Crippen molar-refractivity contribution in [3.63, 3.8) is 0 Å². The SMILES string of the molecule is Cc1cnc(C)c(N2CCN(Cc3nc(-c4ccccc4)co3)CC2)n1. The summed E-state index contributed by atoms with van der Waals surface area (Å²) in [6.45, 7) is 8.52. The van der Waals surface area contributed by atoms with Gasteiger partial charge < -0.3 is 9.32 Å². The first-order valence-electron chi connectivity index (χ1n) is 8.96. The number of hydrogen-bond acceptors (Lipinski definition) is 6. The number of benzene rings is 1. The molecule has 1 aromatic carbocycles. The largest absolute Gasteiger partial charge is 0.447 e. The van der Waals surface area contributed by atoms with E-state index in [-0.39, 0.29) is 0 Å². The number of hydrogen-bond donors (Lipinski definition) is 0. The Labute approximate surface area is 153 Å². The van der Waals surface area contributed by atoms with E-state index in [2.05, 4.69) is 24.8 Å². The Bertz CT molecular complexity index is 869. The van der Waals surface area contributed by atoms with Crippen molar-refractivity contribution >= 4 is 5.82 Å². The first-order valence-corrected chi connectivity index (χ1v) is 8.96. The maximum atomic E-state index is 5.68. The van der Waals surface area contributed by atoms with Crippen LogP contribution in [-0.4, -0.2) is 46.0 Å². The summed E-state index contributed by atoms with van der Waals surface area (Å²) in [5.41, 5.74) is 3.93. The van der Waals surface area contributed by atoms with E-state index >= 15 is 0 Å². The van der Waals surface area contributed by atoms with Crippen LogP contribution in [0.15, 0.2) is 47.2 Å². The predicted molar refractivity (Wildman–Crippen MR) is 101 cm³/mol. The molecular formula is C20H23N5O. The van der Waals surface area contributed by atoms with Crippen molar-refractivity contribution in [3.8, 4) is 11.3 Å². The molecule has 3 heterocycles. The van der Waals surface area contributed by atoms with Gasteiger partial charge in [0.25, 0.3) is 0 Å². The Balaban J connectivity index is 1.37. The summed E-state index contributed by atoms with van der Waals surface area (Å²) < 4.78 is 5.68. The van der Waals surface area contributed by atoms with Crippen LogP contribution < -0.4 is 4.90 Å². The summed E-state index contributed by atoms with van der Waals surface area (Å²) in [7, 11) is 0. The van der Waals surface area contributed by atoms with Gasteiger partial charge in [0, 0.05) is 37.9 Å². The van der Waals surface area contributed by atoms with E-state index in [1.165, 1.54) is 0 Å². The number of aryl methyl sites for hydroxylation is 2. The number of rotatable bonds is 4. The summed E-state index contributed by atoms with van der Waals surface area (Å²) in [6.07, 6.45) is 3.56. The second-order valence-electron chi connectivity index (χ2n) is 6.68. The van der Waals surface area contributed by atoms with Gasteiger partial charge in [-0.05, 0) is 13.8 Å². The Morgan fingerprint density at radius 3 is 2.54 bits per heavy atom. The van der Waals surface area contributed by atoms with Crippen molar-refractivity contribution in [1.82, 2.24) is 19.9 Å². The Morgan fingerprint density at radius 2 is 1.77 bits per heavy atom. The van der Waals surface area contributed by atoms with Crippen LogP contribution in [0, 0.1) is 13.8 Å². The lowest BCUT2D eigenvalue weighted by atomic mass is 10.2. The predicted octanol–water partition coefficient (Wildman–Crippen LogP) is 3.07. The fourth-order valence-corrected chi connectivity index (χ4v) is 3.26. The molecular weight excluding hydrogens is 326 g/mol. The molecule has 6 heteroatoms. The van der Waals surface area contributed by atoms with Crippen LogP contribution in [0.25, 0.3) is 11.3 Å². The van der Waals surface area contributed by atoms with Gasteiger partial charge in [0.15, 0.2) is 0 Å². The molecule has 4 rings (SSSR count). The highest BCUT2D eigenvalue weighted by atomic mass is 16.3. The zero-order valence-corrected chi connectivity index (χ0v) is 15.2. The van der Waals surface area contributed by atoms with E-state index < -0.39 is 0 Å². The van der Waals surface area contributed by atoms with Crippen molar-refractivity contribution in [2.24, 2.45) is 0 Å². The molecule has 0 bridgehead atoms. The molecule has 3 aromatic rings. The molecule has 1 fully saturated rings. The monoisotopic (exact) mass is 349 g/mol. The molecule has 0 aliphatic carbocycles. The second-order valence-corrected chi connectivity index (χ2v) is 6.68. The van der Waals surface area contributed by atoms with Gasteiger partial charge in [0.1, 0.15) is 17.8 Å². The average Bonchev–Trinajstić information content (AvgIpc) is 3.14. The van der Waals surface area contributed by atoms with Gasteiger partial charge >= 0.3 is 0 Å². The molecule has 1 aliphatic heterocycles. The number of nitrogens with zero attached hydrogens (tertiary/aromatic N) is 5. The molecule has 0 spiro atoms. The number of piperazine rings is 1. The zero-order valence-electron chi connectivity index (χ0n) is 15.2. The Morgan fingerprint density at radius 1 is 1.00 bits per heavy atom. The molecule has 0 unspecified atom stereocenters. The summed E-state index contributed by atoms with van der Waals surface area (Å²) in [5, 5.41) is 0. The highest BCUT2D eigenvalue weighted by Crippen LogP contribution is 2.20. The summed E-state index contributed by atoms with van der Waals surface area (Å²) in [4.78, 5) is 18.4. The highest BCUT2D eigenvalue weighted by Gasteiger charge is 2.21. The summed E-state index contributed by atoms with van der Waals surface area (Å²) in [5.74, 6) is 1.77. The third-order valence-electron chi connectivity index (χ3n) is 4.70.